The smallest absolute Gasteiger partial charge is 0.434 e. The highest BCUT2D eigenvalue weighted by Crippen LogP contribution is 2.52. The maximum absolute atomic E-state index is 14.7. The van der Waals surface area contributed by atoms with Gasteiger partial charge < -0.3 is 24.8 Å². The van der Waals surface area contributed by atoms with Gasteiger partial charge in [0.2, 0.25) is 5.95 Å². The van der Waals surface area contributed by atoms with E-state index in [-0.39, 0.29) is 36.2 Å². The van der Waals surface area contributed by atoms with Gasteiger partial charge in [-0.15, -0.1) is 0 Å². The minimum absolute atomic E-state index is 0.0434. The molecule has 11 nitrogen and oxygen atoms in total. The van der Waals surface area contributed by atoms with E-state index in [1.165, 1.54) is 0 Å². The number of halogens is 3. The van der Waals surface area contributed by atoms with E-state index in [0.29, 0.717) is 62.9 Å². The number of nitrogens with one attached hydrogen (secondary N) is 1. The third kappa shape index (κ3) is 6.12. The normalized spacial score (nSPS) is 29.9. The Bertz CT molecular complexity index is 1790. The van der Waals surface area contributed by atoms with Gasteiger partial charge in [0.15, 0.2) is 5.69 Å². The number of carboxylic acid groups (broad SMARTS) is 1. The van der Waals surface area contributed by atoms with E-state index in [2.05, 4.69) is 20.4 Å². The molecular formula is C37H43F3N6O5. The first-order chi connectivity index (χ1) is 24.4. The van der Waals surface area contributed by atoms with Gasteiger partial charge in [0, 0.05) is 49.5 Å². The lowest BCUT2D eigenvalue weighted by atomic mass is 9.76. The van der Waals surface area contributed by atoms with Crippen molar-refractivity contribution in [2.75, 3.05) is 24.7 Å². The highest BCUT2D eigenvalue weighted by molar-refractivity contribution is 5.99. The zero-order valence-corrected chi connectivity index (χ0v) is 28.6. The second-order valence-corrected chi connectivity index (χ2v) is 15.4. The van der Waals surface area contributed by atoms with E-state index in [1.54, 1.807) is 11.1 Å². The number of hydrogen-bond donors (Lipinski definition) is 2. The van der Waals surface area contributed by atoms with E-state index in [4.69, 9.17) is 9.47 Å². The van der Waals surface area contributed by atoms with Gasteiger partial charge in [0.25, 0.3) is 5.91 Å². The van der Waals surface area contributed by atoms with Crippen LogP contribution in [-0.2, 0) is 21.1 Å². The first-order valence-corrected chi connectivity index (χ1v) is 18.1. The minimum atomic E-state index is -4.99. The Balaban J connectivity index is 1.07. The topological polar surface area (TPSA) is 132 Å². The molecular weight excluding hydrogens is 665 g/mol. The largest absolute Gasteiger partial charge is 0.490 e. The number of carbonyl (C=O) groups is 2. The van der Waals surface area contributed by atoms with Crippen LogP contribution < -0.4 is 15.0 Å². The summed E-state index contributed by atoms with van der Waals surface area (Å²) in [7, 11) is 0. The maximum atomic E-state index is 14.7. The van der Waals surface area contributed by atoms with Gasteiger partial charge in [-0.1, -0.05) is 6.92 Å². The fraction of sp³-hybridized carbons (Fsp3) is 0.595. The Kier molecular flexibility index (Phi) is 8.50. The van der Waals surface area contributed by atoms with E-state index < -0.39 is 40.3 Å². The van der Waals surface area contributed by atoms with Crippen molar-refractivity contribution in [3.63, 3.8) is 0 Å². The average molecular weight is 709 g/mol. The lowest BCUT2D eigenvalue weighted by molar-refractivity contribution is -0.146. The van der Waals surface area contributed by atoms with Crippen LogP contribution in [0.4, 0.5) is 24.8 Å². The lowest BCUT2D eigenvalue weighted by Gasteiger charge is -2.34. The van der Waals surface area contributed by atoms with Crippen LogP contribution in [0.3, 0.4) is 0 Å². The molecule has 3 saturated carbocycles. The molecule has 14 heteroatoms. The second kappa shape index (κ2) is 12.8. The van der Waals surface area contributed by atoms with Crippen LogP contribution >= 0.6 is 0 Å². The number of anilines is 2. The zero-order chi connectivity index (χ0) is 35.5. The summed E-state index contributed by atoms with van der Waals surface area (Å²) in [4.78, 5) is 36.2. The number of rotatable bonds is 7. The molecule has 3 aliphatic carbocycles. The van der Waals surface area contributed by atoms with Gasteiger partial charge >= 0.3 is 12.1 Å². The molecule has 272 valence electrons. The van der Waals surface area contributed by atoms with Crippen LogP contribution in [0.1, 0.15) is 98.8 Å². The summed E-state index contributed by atoms with van der Waals surface area (Å²) in [6.45, 7) is 3.40. The Hall–Kier alpha value is -4.20. The van der Waals surface area contributed by atoms with Crippen molar-refractivity contribution in [1.82, 2.24) is 25.1 Å². The summed E-state index contributed by atoms with van der Waals surface area (Å²) in [6, 6.07) is 8.00. The molecule has 4 atom stereocenters. The number of carboxylic acids is 1. The average Bonchev–Trinajstić information content (AvgIpc) is 3.81. The number of amides is 1. The van der Waals surface area contributed by atoms with Gasteiger partial charge in [0.1, 0.15) is 11.3 Å². The molecule has 1 spiro atoms. The van der Waals surface area contributed by atoms with Gasteiger partial charge in [-0.25, -0.2) is 14.8 Å². The molecule has 2 bridgehead atoms. The molecule has 51 heavy (non-hydrogen) atoms. The summed E-state index contributed by atoms with van der Waals surface area (Å²) in [6.07, 6.45) is 6.98. The third-order valence-corrected chi connectivity index (χ3v) is 12.2. The van der Waals surface area contributed by atoms with Crippen molar-refractivity contribution in [2.24, 2.45) is 17.8 Å². The minimum Gasteiger partial charge on any atom is -0.490 e. The molecule has 5 aliphatic rings. The van der Waals surface area contributed by atoms with E-state index in [0.717, 1.165) is 43.9 Å². The van der Waals surface area contributed by atoms with Gasteiger partial charge in [-0.3, -0.25) is 9.48 Å². The molecule has 3 aromatic rings. The molecule has 2 N–H and O–H groups in total. The van der Waals surface area contributed by atoms with E-state index in [9.17, 15) is 27.9 Å². The summed E-state index contributed by atoms with van der Waals surface area (Å²) in [5.41, 5.74) is -2.57. The van der Waals surface area contributed by atoms with Crippen molar-refractivity contribution in [2.45, 2.75) is 100 Å². The van der Waals surface area contributed by atoms with Crippen LogP contribution in [-0.4, -0.2) is 68.1 Å². The predicted octanol–water partition coefficient (Wildman–Crippen LogP) is 6.46. The van der Waals surface area contributed by atoms with E-state index >= 15 is 0 Å². The van der Waals surface area contributed by atoms with Crippen molar-refractivity contribution < 1.29 is 37.3 Å². The molecule has 1 aromatic carbocycles. The maximum Gasteiger partial charge on any atom is 0.434 e. The van der Waals surface area contributed by atoms with Crippen LogP contribution in [0, 0.1) is 17.8 Å². The zero-order valence-electron chi connectivity index (χ0n) is 28.6. The highest BCUT2D eigenvalue weighted by Gasteiger charge is 2.57. The molecule has 1 amide bonds. The van der Waals surface area contributed by atoms with Gasteiger partial charge in [-0.2, -0.15) is 18.3 Å². The third-order valence-electron chi connectivity index (χ3n) is 12.2. The van der Waals surface area contributed by atoms with Crippen LogP contribution in [0.5, 0.6) is 5.75 Å². The number of nitrogens with zero attached hydrogens (tertiary/aromatic N) is 5. The first kappa shape index (κ1) is 33.9. The standard InChI is InChI=1S/C37H43F3N6O5/c1-22-15-23-17-24(16-22)36(19-23,33(48)49)44-32(47)28-20-41-34(43-31(28)37(38,39)40)45-21-35(9-13-50-14-10-35)29-18-27(7-8-30(29)45)51-26-5-3-25(4-6-26)46-12-2-11-42-46/h2,7-8,11-12,18,20,22-26H,3-6,9-10,13-17,19,21H2,1H3,(H,44,47)(H,48,49)/t22?,23?,24?,25-,26-,36?. The Morgan fingerprint density at radius 1 is 1.10 bits per heavy atom. The molecule has 4 unspecified atom stereocenters. The molecule has 4 fully saturated rings. The van der Waals surface area contributed by atoms with Crippen molar-refractivity contribution in [3.05, 3.63) is 59.7 Å². The fourth-order valence-electron chi connectivity index (χ4n) is 9.77. The second-order valence-electron chi connectivity index (χ2n) is 15.4. The highest BCUT2D eigenvalue weighted by atomic mass is 19.4. The molecule has 4 heterocycles. The van der Waals surface area contributed by atoms with Crippen molar-refractivity contribution >= 4 is 23.5 Å². The quantitative estimate of drug-likeness (QED) is 0.284. The van der Waals surface area contributed by atoms with Crippen molar-refractivity contribution in [1.29, 1.82) is 0 Å². The number of alkyl halides is 3. The Morgan fingerprint density at radius 3 is 2.59 bits per heavy atom. The van der Waals surface area contributed by atoms with Gasteiger partial charge in [-0.05, 0) is 112 Å². The molecule has 8 rings (SSSR count). The lowest BCUT2D eigenvalue weighted by Crippen LogP contribution is -2.57. The number of hydrogen-bond acceptors (Lipinski definition) is 8. The molecule has 2 aromatic heterocycles. The number of aliphatic carboxylic acids is 1. The summed E-state index contributed by atoms with van der Waals surface area (Å²) >= 11 is 0. The van der Waals surface area contributed by atoms with Crippen LogP contribution in [0.2, 0.25) is 0 Å². The van der Waals surface area contributed by atoms with Crippen LogP contribution in [0.25, 0.3) is 0 Å². The Morgan fingerprint density at radius 2 is 1.88 bits per heavy atom. The summed E-state index contributed by atoms with van der Waals surface area (Å²) < 4.78 is 58.3. The number of aromatic nitrogens is 4. The molecule has 2 aliphatic heterocycles. The summed E-state index contributed by atoms with van der Waals surface area (Å²) in [5.74, 6) is -1.79. The van der Waals surface area contributed by atoms with E-state index in [1.807, 2.05) is 42.1 Å². The number of fused-ring (bicyclic) bond motifs is 4. The molecule has 1 saturated heterocycles. The fourth-order valence-corrected chi connectivity index (χ4v) is 9.77. The van der Waals surface area contributed by atoms with Crippen molar-refractivity contribution in [3.8, 4) is 5.75 Å². The Labute approximate surface area is 293 Å². The predicted molar refractivity (Wildman–Crippen MR) is 179 cm³/mol. The first-order valence-electron chi connectivity index (χ1n) is 18.1. The SMILES string of the molecule is CC1CC2CC(C1)C(NC(=O)c1cnc(N3CC4(CCOCC4)c4cc(O[C@H]5CC[C@H](n6cccn6)CC5)ccc43)nc1C(F)(F)F)(C(=O)O)C2. The van der Waals surface area contributed by atoms with Crippen LogP contribution in [0.15, 0.2) is 42.9 Å². The number of carbonyl (C=O) groups excluding carboxylic acids is 1. The summed E-state index contributed by atoms with van der Waals surface area (Å²) in [5, 5.41) is 17.2. The van der Waals surface area contributed by atoms with Gasteiger partial charge in [0.05, 0.1) is 17.7 Å². The number of benzene rings is 1. The number of ether oxygens (including phenoxy) is 2. The molecule has 0 radical (unpaired) electrons. The monoisotopic (exact) mass is 708 g/mol.